The molecule has 2 nitrogen and oxygen atoms in total. The normalized spacial score (nSPS) is 21.9. The first-order valence-corrected chi connectivity index (χ1v) is 6.25. The first-order valence-electron chi connectivity index (χ1n) is 4.77. The fourth-order valence-corrected chi connectivity index (χ4v) is 2.77. The lowest BCUT2D eigenvalue weighted by Crippen LogP contribution is -2.07. The van der Waals surface area contributed by atoms with E-state index < -0.39 is 10.8 Å². The number of hydrogen-bond acceptors (Lipinski definition) is 2. The number of ether oxygens (including phenoxy) is 1. The first kappa shape index (κ1) is 9.87. The van der Waals surface area contributed by atoms with Gasteiger partial charge in [0.25, 0.3) is 0 Å². The summed E-state index contributed by atoms with van der Waals surface area (Å²) in [5.74, 6) is 1.35. The van der Waals surface area contributed by atoms with Crippen LogP contribution in [-0.2, 0) is 21.3 Å². The van der Waals surface area contributed by atoms with Crippen molar-refractivity contribution in [3.8, 4) is 0 Å². The van der Waals surface area contributed by atoms with E-state index in [-0.39, 0.29) is 6.10 Å². The molecule has 1 heterocycles. The maximum Gasteiger partial charge on any atom is 0.0924 e. The van der Waals surface area contributed by atoms with Gasteiger partial charge in [-0.25, -0.2) is 0 Å². The Morgan fingerprint density at radius 1 is 1.50 bits per heavy atom. The van der Waals surface area contributed by atoms with Gasteiger partial charge in [-0.1, -0.05) is 24.3 Å². The Morgan fingerprint density at radius 3 is 2.86 bits per heavy atom. The molecule has 14 heavy (non-hydrogen) atoms. The summed E-state index contributed by atoms with van der Waals surface area (Å²) in [4.78, 5) is 0. The molecule has 0 amide bonds. The zero-order chi connectivity index (χ0) is 9.97. The highest BCUT2D eigenvalue weighted by molar-refractivity contribution is 7.84. The Labute approximate surface area is 86.7 Å². The van der Waals surface area contributed by atoms with Gasteiger partial charge >= 0.3 is 0 Å². The van der Waals surface area contributed by atoms with E-state index in [9.17, 15) is 4.21 Å². The summed E-state index contributed by atoms with van der Waals surface area (Å²) in [6.07, 6.45) is 0.264. The largest absolute Gasteiger partial charge is 0.372 e. The van der Waals surface area contributed by atoms with Crippen molar-refractivity contribution in [3.63, 3.8) is 0 Å². The van der Waals surface area contributed by atoms with Gasteiger partial charge in [0.05, 0.1) is 18.5 Å². The molecule has 0 spiro atoms. The molecule has 1 aromatic carbocycles. The Bertz CT molecular complexity index is 345. The van der Waals surface area contributed by atoms with Crippen molar-refractivity contribution in [2.75, 3.05) is 12.4 Å². The topological polar surface area (TPSA) is 29.6 Å². The second-order valence-corrected chi connectivity index (χ2v) is 5.13. The maximum absolute atomic E-state index is 11.6. The maximum atomic E-state index is 11.6. The molecule has 1 aliphatic rings. The van der Waals surface area contributed by atoms with Crippen molar-refractivity contribution in [2.45, 2.75) is 18.8 Å². The van der Waals surface area contributed by atoms with Gasteiger partial charge < -0.3 is 4.74 Å². The van der Waals surface area contributed by atoms with Crippen LogP contribution in [0, 0.1) is 6.92 Å². The van der Waals surface area contributed by atoms with Crippen molar-refractivity contribution in [1.29, 1.82) is 0 Å². The number of aryl methyl sites for hydroxylation is 1. The van der Waals surface area contributed by atoms with Crippen molar-refractivity contribution in [1.82, 2.24) is 0 Å². The fraction of sp³-hybridized carbons (Fsp3) is 0.455. The highest BCUT2D eigenvalue weighted by Gasteiger charge is 2.24. The van der Waals surface area contributed by atoms with Gasteiger partial charge in [0.1, 0.15) is 0 Å². The van der Waals surface area contributed by atoms with Crippen LogP contribution in [0.25, 0.3) is 0 Å². The molecule has 2 unspecified atom stereocenters. The van der Waals surface area contributed by atoms with Crippen molar-refractivity contribution in [2.24, 2.45) is 0 Å². The zero-order valence-electron chi connectivity index (χ0n) is 8.23. The predicted molar refractivity (Wildman–Crippen MR) is 57.6 cm³/mol. The Kier molecular flexibility index (Phi) is 2.99. The van der Waals surface area contributed by atoms with E-state index in [1.807, 2.05) is 18.2 Å². The Morgan fingerprint density at radius 2 is 2.21 bits per heavy atom. The summed E-state index contributed by atoms with van der Waals surface area (Å²) in [5, 5.41) is 0. The van der Waals surface area contributed by atoms with E-state index in [4.69, 9.17) is 4.74 Å². The lowest BCUT2D eigenvalue weighted by molar-refractivity contribution is 0.424. The molecule has 76 valence electrons. The lowest BCUT2D eigenvalue weighted by atomic mass is 10.1. The molecule has 0 radical (unpaired) electrons. The van der Waals surface area contributed by atoms with Crippen molar-refractivity contribution < 1.29 is 8.95 Å². The summed E-state index contributed by atoms with van der Waals surface area (Å²) >= 11 is 0. The number of epoxide rings is 1. The molecule has 1 aromatic rings. The molecule has 1 saturated heterocycles. The Balaban J connectivity index is 1.95. The van der Waals surface area contributed by atoms with E-state index in [0.29, 0.717) is 11.5 Å². The highest BCUT2D eigenvalue weighted by atomic mass is 32.2. The lowest BCUT2D eigenvalue weighted by Gasteiger charge is -2.04. The molecule has 0 bridgehead atoms. The van der Waals surface area contributed by atoms with Crippen LogP contribution in [0.5, 0.6) is 0 Å². The SMILES string of the molecule is Cc1ccccc1CS(=O)CC1CO1. The molecule has 3 heteroatoms. The summed E-state index contributed by atoms with van der Waals surface area (Å²) < 4.78 is 16.7. The molecular formula is C11H14O2S. The third-order valence-electron chi connectivity index (χ3n) is 2.35. The van der Waals surface area contributed by atoms with Crippen LogP contribution >= 0.6 is 0 Å². The van der Waals surface area contributed by atoms with E-state index in [1.54, 1.807) is 0 Å². The highest BCUT2D eigenvalue weighted by Crippen LogP contribution is 2.14. The number of benzene rings is 1. The summed E-state index contributed by atoms with van der Waals surface area (Å²) in [6.45, 7) is 2.85. The molecule has 0 aliphatic carbocycles. The molecule has 0 aromatic heterocycles. The minimum absolute atomic E-state index is 0.264. The zero-order valence-corrected chi connectivity index (χ0v) is 9.05. The summed E-state index contributed by atoms with van der Waals surface area (Å²) in [7, 11) is -0.774. The molecule has 0 N–H and O–H groups in total. The van der Waals surface area contributed by atoms with Gasteiger partial charge in [-0.3, -0.25) is 4.21 Å². The quantitative estimate of drug-likeness (QED) is 0.707. The van der Waals surface area contributed by atoms with E-state index in [1.165, 1.54) is 11.1 Å². The van der Waals surface area contributed by atoms with Gasteiger partial charge in [-0.2, -0.15) is 0 Å². The standard InChI is InChI=1S/C11H14O2S/c1-9-4-2-3-5-10(9)7-14(12)8-11-6-13-11/h2-5,11H,6-8H2,1H3. The number of rotatable bonds is 4. The molecule has 1 fully saturated rings. The molecule has 0 saturated carbocycles. The second-order valence-electron chi connectivity index (χ2n) is 3.63. The predicted octanol–water partition coefficient (Wildman–Crippen LogP) is 1.64. The van der Waals surface area contributed by atoms with Crippen LogP contribution < -0.4 is 0 Å². The van der Waals surface area contributed by atoms with Crippen LogP contribution in [0.2, 0.25) is 0 Å². The van der Waals surface area contributed by atoms with Crippen molar-refractivity contribution in [3.05, 3.63) is 35.4 Å². The minimum atomic E-state index is -0.774. The molecule has 2 atom stereocenters. The molecule has 2 rings (SSSR count). The van der Waals surface area contributed by atoms with Gasteiger partial charge in [-0.05, 0) is 18.1 Å². The first-order chi connectivity index (χ1) is 6.75. The van der Waals surface area contributed by atoms with Gasteiger partial charge in [0.2, 0.25) is 0 Å². The van der Waals surface area contributed by atoms with E-state index in [0.717, 1.165) is 6.61 Å². The van der Waals surface area contributed by atoms with Crippen LogP contribution in [0.15, 0.2) is 24.3 Å². The minimum Gasteiger partial charge on any atom is -0.372 e. The molecular weight excluding hydrogens is 196 g/mol. The monoisotopic (exact) mass is 210 g/mol. The van der Waals surface area contributed by atoms with Crippen molar-refractivity contribution >= 4 is 10.8 Å². The van der Waals surface area contributed by atoms with Crippen LogP contribution in [0.4, 0.5) is 0 Å². The summed E-state index contributed by atoms with van der Waals surface area (Å²) in [5.41, 5.74) is 2.41. The van der Waals surface area contributed by atoms with Gasteiger partial charge in [-0.15, -0.1) is 0 Å². The third kappa shape index (κ3) is 2.66. The fourth-order valence-electron chi connectivity index (χ4n) is 1.38. The van der Waals surface area contributed by atoms with E-state index >= 15 is 0 Å². The average Bonchev–Trinajstić information content (AvgIpc) is 2.93. The smallest absolute Gasteiger partial charge is 0.0924 e. The second kappa shape index (κ2) is 4.24. The number of hydrogen-bond donors (Lipinski definition) is 0. The van der Waals surface area contributed by atoms with Crippen LogP contribution in [0.1, 0.15) is 11.1 Å². The average molecular weight is 210 g/mol. The third-order valence-corrected chi connectivity index (χ3v) is 3.73. The summed E-state index contributed by atoms with van der Waals surface area (Å²) in [6, 6.07) is 8.10. The Hall–Kier alpha value is -0.670. The molecule has 1 aliphatic heterocycles. The van der Waals surface area contributed by atoms with Gasteiger partial charge in [0, 0.05) is 16.6 Å². The van der Waals surface area contributed by atoms with Crippen LogP contribution in [0.3, 0.4) is 0 Å². The van der Waals surface area contributed by atoms with Gasteiger partial charge in [0.15, 0.2) is 0 Å². The van der Waals surface area contributed by atoms with E-state index in [2.05, 4.69) is 13.0 Å². The van der Waals surface area contributed by atoms with Crippen LogP contribution in [-0.4, -0.2) is 22.7 Å².